The van der Waals surface area contributed by atoms with Crippen LogP contribution in [0.3, 0.4) is 0 Å². The second-order valence-corrected chi connectivity index (χ2v) is 7.17. The third-order valence-corrected chi connectivity index (χ3v) is 4.64. The molecule has 1 amide bonds. The molecule has 1 aromatic heterocycles. The number of rotatable bonds is 7. The first-order valence-electron chi connectivity index (χ1n) is 9.40. The third-order valence-electron chi connectivity index (χ3n) is 4.40. The molecular formula is C22H21ClFN3O3. The minimum absolute atomic E-state index is 0.163. The van der Waals surface area contributed by atoms with Crippen LogP contribution in [-0.4, -0.2) is 28.8 Å². The van der Waals surface area contributed by atoms with Gasteiger partial charge in [0.25, 0.3) is 5.91 Å². The molecule has 0 saturated carbocycles. The minimum Gasteiger partial charge on any atom is -0.493 e. The van der Waals surface area contributed by atoms with Crippen LogP contribution in [0.5, 0.6) is 5.75 Å². The number of hydrogen-bond donors (Lipinski definition) is 1. The molecule has 3 rings (SSSR count). The van der Waals surface area contributed by atoms with E-state index in [9.17, 15) is 14.0 Å². The lowest BCUT2D eigenvalue weighted by atomic mass is 10.2. The number of carbonyl (C=O) groups is 1. The van der Waals surface area contributed by atoms with E-state index in [4.69, 9.17) is 16.3 Å². The standard InChI is InChI=1S/C22H21ClFN3O3/c1-14-12-16(23)8-9-20(14)30-11-5-10-25-22(29)21-19(28)13-15(2)27(26-21)18-7-4-3-6-17(18)24/h3-4,6-9,12-13H,5,10-11H2,1-2H3,(H,25,29). The number of para-hydroxylation sites is 1. The second-order valence-electron chi connectivity index (χ2n) is 6.73. The van der Waals surface area contributed by atoms with Crippen molar-refractivity contribution < 1.29 is 13.9 Å². The summed E-state index contributed by atoms with van der Waals surface area (Å²) in [6.07, 6.45) is 0.529. The highest BCUT2D eigenvalue weighted by atomic mass is 35.5. The van der Waals surface area contributed by atoms with Gasteiger partial charge in [-0.3, -0.25) is 9.59 Å². The molecule has 0 aliphatic heterocycles. The highest BCUT2D eigenvalue weighted by molar-refractivity contribution is 6.30. The van der Waals surface area contributed by atoms with E-state index in [0.29, 0.717) is 30.3 Å². The predicted molar refractivity (Wildman–Crippen MR) is 113 cm³/mol. The van der Waals surface area contributed by atoms with E-state index in [-0.39, 0.29) is 11.4 Å². The van der Waals surface area contributed by atoms with E-state index < -0.39 is 17.2 Å². The van der Waals surface area contributed by atoms with Gasteiger partial charge in [-0.1, -0.05) is 23.7 Å². The number of benzene rings is 2. The van der Waals surface area contributed by atoms with Gasteiger partial charge in [-0.2, -0.15) is 5.10 Å². The summed E-state index contributed by atoms with van der Waals surface area (Å²) in [6, 6.07) is 12.6. The molecule has 0 saturated heterocycles. The van der Waals surface area contributed by atoms with Crippen molar-refractivity contribution in [1.82, 2.24) is 15.1 Å². The highest BCUT2D eigenvalue weighted by Crippen LogP contribution is 2.21. The highest BCUT2D eigenvalue weighted by Gasteiger charge is 2.16. The average Bonchev–Trinajstić information content (AvgIpc) is 2.70. The smallest absolute Gasteiger partial charge is 0.275 e. The summed E-state index contributed by atoms with van der Waals surface area (Å²) in [5.41, 5.74) is 0.692. The monoisotopic (exact) mass is 429 g/mol. The quantitative estimate of drug-likeness (QED) is 0.579. The molecular weight excluding hydrogens is 409 g/mol. The van der Waals surface area contributed by atoms with Crippen molar-refractivity contribution in [2.45, 2.75) is 20.3 Å². The van der Waals surface area contributed by atoms with Crippen LogP contribution < -0.4 is 15.5 Å². The van der Waals surface area contributed by atoms with Crippen LogP contribution in [-0.2, 0) is 0 Å². The zero-order chi connectivity index (χ0) is 21.7. The molecule has 0 fully saturated rings. The van der Waals surface area contributed by atoms with Crippen molar-refractivity contribution >= 4 is 17.5 Å². The van der Waals surface area contributed by atoms with Crippen LogP contribution in [0.25, 0.3) is 5.69 Å². The van der Waals surface area contributed by atoms with Gasteiger partial charge in [0.1, 0.15) is 17.3 Å². The van der Waals surface area contributed by atoms with Crippen LogP contribution in [0, 0.1) is 19.7 Å². The Kier molecular flexibility index (Phi) is 6.84. The summed E-state index contributed by atoms with van der Waals surface area (Å²) in [5, 5.41) is 7.37. The Bertz CT molecular complexity index is 1130. The number of nitrogens with one attached hydrogen (secondary N) is 1. The Balaban J connectivity index is 1.62. The summed E-state index contributed by atoms with van der Waals surface area (Å²) >= 11 is 5.92. The lowest BCUT2D eigenvalue weighted by Gasteiger charge is -2.12. The van der Waals surface area contributed by atoms with Crippen LogP contribution >= 0.6 is 11.6 Å². The summed E-state index contributed by atoms with van der Waals surface area (Å²) < 4.78 is 21.0. The Morgan fingerprint density at radius 2 is 1.97 bits per heavy atom. The van der Waals surface area contributed by atoms with Gasteiger partial charge in [-0.15, -0.1) is 0 Å². The summed E-state index contributed by atoms with van der Waals surface area (Å²) in [6.45, 7) is 4.19. The largest absolute Gasteiger partial charge is 0.493 e. The van der Waals surface area contributed by atoms with Crippen LogP contribution in [0.2, 0.25) is 5.02 Å². The molecule has 0 radical (unpaired) electrons. The lowest BCUT2D eigenvalue weighted by molar-refractivity contribution is 0.0943. The molecule has 2 aromatic carbocycles. The molecule has 3 aromatic rings. The van der Waals surface area contributed by atoms with E-state index in [1.807, 2.05) is 13.0 Å². The van der Waals surface area contributed by atoms with Gasteiger partial charge in [0.05, 0.1) is 6.61 Å². The van der Waals surface area contributed by atoms with E-state index in [0.717, 1.165) is 11.3 Å². The number of carbonyl (C=O) groups excluding carboxylic acids is 1. The molecule has 0 aliphatic rings. The van der Waals surface area contributed by atoms with Gasteiger partial charge in [0.15, 0.2) is 5.69 Å². The van der Waals surface area contributed by atoms with Crippen molar-refractivity contribution in [3.05, 3.63) is 86.5 Å². The van der Waals surface area contributed by atoms with Crippen molar-refractivity contribution in [3.63, 3.8) is 0 Å². The van der Waals surface area contributed by atoms with Crippen molar-refractivity contribution in [2.75, 3.05) is 13.2 Å². The maximum absolute atomic E-state index is 14.1. The summed E-state index contributed by atoms with van der Waals surface area (Å²) in [7, 11) is 0. The molecule has 6 nitrogen and oxygen atoms in total. The number of aromatic nitrogens is 2. The average molecular weight is 430 g/mol. The van der Waals surface area contributed by atoms with E-state index in [1.165, 1.54) is 22.9 Å². The van der Waals surface area contributed by atoms with Gasteiger partial charge >= 0.3 is 0 Å². The fourth-order valence-electron chi connectivity index (χ4n) is 2.89. The van der Waals surface area contributed by atoms with Crippen LogP contribution in [0.1, 0.15) is 28.2 Å². The maximum Gasteiger partial charge on any atom is 0.275 e. The van der Waals surface area contributed by atoms with Crippen molar-refractivity contribution in [2.24, 2.45) is 0 Å². The molecule has 1 heterocycles. The second kappa shape index (κ2) is 9.54. The molecule has 30 heavy (non-hydrogen) atoms. The number of nitrogens with zero attached hydrogens (tertiary/aromatic N) is 2. The van der Waals surface area contributed by atoms with Crippen LogP contribution in [0.4, 0.5) is 4.39 Å². The van der Waals surface area contributed by atoms with Gasteiger partial charge in [-0.05, 0) is 56.2 Å². The summed E-state index contributed by atoms with van der Waals surface area (Å²) in [5.74, 6) is -0.399. The van der Waals surface area contributed by atoms with Crippen LogP contribution in [0.15, 0.2) is 53.3 Å². The molecule has 0 spiro atoms. The van der Waals surface area contributed by atoms with Gasteiger partial charge < -0.3 is 10.1 Å². The van der Waals surface area contributed by atoms with Gasteiger partial charge in [0, 0.05) is 23.3 Å². The van der Waals surface area contributed by atoms with Crippen molar-refractivity contribution in [3.8, 4) is 11.4 Å². The van der Waals surface area contributed by atoms with E-state index in [2.05, 4.69) is 10.4 Å². The zero-order valence-corrected chi connectivity index (χ0v) is 17.4. The van der Waals surface area contributed by atoms with Crippen molar-refractivity contribution in [1.29, 1.82) is 0 Å². The molecule has 8 heteroatoms. The molecule has 0 unspecified atom stereocenters. The Morgan fingerprint density at radius 1 is 1.20 bits per heavy atom. The number of hydrogen-bond acceptors (Lipinski definition) is 4. The van der Waals surface area contributed by atoms with E-state index >= 15 is 0 Å². The van der Waals surface area contributed by atoms with Gasteiger partial charge in [-0.25, -0.2) is 9.07 Å². The normalized spacial score (nSPS) is 10.7. The Labute approximate surface area is 178 Å². The van der Waals surface area contributed by atoms with E-state index in [1.54, 1.807) is 31.2 Å². The first-order chi connectivity index (χ1) is 14.4. The minimum atomic E-state index is -0.618. The Hall–Kier alpha value is -3.19. The zero-order valence-electron chi connectivity index (χ0n) is 16.6. The fourth-order valence-corrected chi connectivity index (χ4v) is 3.11. The first-order valence-corrected chi connectivity index (χ1v) is 9.77. The lowest BCUT2D eigenvalue weighted by Crippen LogP contribution is -2.33. The number of aryl methyl sites for hydroxylation is 2. The maximum atomic E-state index is 14.1. The molecule has 0 aliphatic carbocycles. The van der Waals surface area contributed by atoms with Gasteiger partial charge in [0.2, 0.25) is 5.43 Å². The molecule has 1 N–H and O–H groups in total. The number of halogens is 2. The third kappa shape index (κ3) is 5.04. The summed E-state index contributed by atoms with van der Waals surface area (Å²) in [4.78, 5) is 24.7. The molecule has 0 bridgehead atoms. The molecule has 0 atom stereocenters. The Morgan fingerprint density at radius 3 is 2.70 bits per heavy atom. The number of ether oxygens (including phenoxy) is 1. The molecule has 156 valence electrons. The topological polar surface area (TPSA) is 73.2 Å². The SMILES string of the molecule is Cc1cc(Cl)ccc1OCCCNC(=O)c1nn(-c2ccccc2F)c(C)cc1=O. The number of amides is 1. The predicted octanol–water partition coefficient (Wildman–Crippen LogP) is 3.84. The fraction of sp³-hybridized carbons (Fsp3) is 0.227. The first kappa shape index (κ1) is 21.5.